The second kappa shape index (κ2) is 8.27. The number of amides is 2. The molecule has 0 saturated heterocycles. The number of hydrogen-bond donors (Lipinski definition) is 0. The normalized spacial score (nSPS) is 20.2. The average molecular weight is 392 g/mol. The fourth-order valence-electron chi connectivity index (χ4n) is 4.06. The molecule has 152 valence electrons. The highest BCUT2D eigenvalue weighted by Gasteiger charge is 2.46. The molecule has 2 saturated carbocycles. The number of aryl methyl sites for hydroxylation is 1. The highest BCUT2D eigenvalue weighted by molar-refractivity contribution is 5.88. The predicted octanol–water partition coefficient (Wildman–Crippen LogP) is 3.33. The zero-order chi connectivity index (χ0) is 20.4. The first kappa shape index (κ1) is 19.5. The van der Waals surface area contributed by atoms with Crippen molar-refractivity contribution in [2.24, 2.45) is 13.0 Å². The molecule has 2 unspecified atom stereocenters. The largest absolute Gasteiger partial charge is 0.353 e. The van der Waals surface area contributed by atoms with Gasteiger partial charge in [-0.25, -0.2) is 0 Å². The summed E-state index contributed by atoms with van der Waals surface area (Å²) in [5.74, 6) is 0.351. The Morgan fingerprint density at radius 2 is 1.93 bits per heavy atom. The zero-order valence-electron chi connectivity index (χ0n) is 17.0. The Morgan fingerprint density at radius 3 is 2.55 bits per heavy atom. The number of aromatic nitrogens is 1. The van der Waals surface area contributed by atoms with Crippen LogP contribution in [0.15, 0.2) is 61.3 Å². The third-order valence-electron chi connectivity index (χ3n) is 6.01. The van der Waals surface area contributed by atoms with Crippen LogP contribution in [0.3, 0.4) is 0 Å². The van der Waals surface area contributed by atoms with E-state index < -0.39 is 0 Å². The van der Waals surface area contributed by atoms with Crippen LogP contribution >= 0.6 is 0 Å². The molecular weight excluding hydrogens is 362 g/mol. The molecule has 4 rings (SSSR count). The van der Waals surface area contributed by atoms with Gasteiger partial charge in [-0.1, -0.05) is 36.4 Å². The summed E-state index contributed by atoms with van der Waals surface area (Å²) in [7, 11) is 2.00. The Balaban J connectivity index is 1.41. The Hall–Kier alpha value is -2.82. The van der Waals surface area contributed by atoms with Crippen LogP contribution in [0.2, 0.25) is 0 Å². The highest BCUT2D eigenvalue weighted by Crippen LogP contribution is 2.48. The lowest BCUT2D eigenvalue weighted by molar-refractivity contribution is -0.141. The number of benzene rings is 1. The molecule has 0 bridgehead atoms. The second-order valence-electron chi connectivity index (χ2n) is 8.23. The molecule has 29 heavy (non-hydrogen) atoms. The van der Waals surface area contributed by atoms with Crippen molar-refractivity contribution in [3.63, 3.8) is 0 Å². The van der Waals surface area contributed by atoms with E-state index in [0.29, 0.717) is 19.1 Å². The van der Waals surface area contributed by atoms with Crippen LogP contribution in [0, 0.1) is 5.92 Å². The summed E-state index contributed by atoms with van der Waals surface area (Å²) < 4.78 is 2.05. The van der Waals surface area contributed by atoms with E-state index in [4.69, 9.17) is 0 Å². The molecule has 2 aliphatic rings. The molecule has 5 heteroatoms. The van der Waals surface area contributed by atoms with Crippen molar-refractivity contribution >= 4 is 11.8 Å². The molecule has 2 aromatic rings. The predicted molar refractivity (Wildman–Crippen MR) is 113 cm³/mol. The minimum atomic E-state index is -0.0209. The number of nitrogens with zero attached hydrogens (tertiary/aromatic N) is 3. The van der Waals surface area contributed by atoms with Crippen molar-refractivity contribution in [1.29, 1.82) is 0 Å². The van der Waals surface area contributed by atoms with Crippen molar-refractivity contribution in [1.82, 2.24) is 14.4 Å². The first-order valence-electron chi connectivity index (χ1n) is 10.4. The van der Waals surface area contributed by atoms with Crippen LogP contribution in [0.25, 0.3) is 0 Å². The minimum absolute atomic E-state index is 0.0209. The summed E-state index contributed by atoms with van der Waals surface area (Å²) in [6.07, 6.45) is 6.66. The number of rotatable bonds is 9. The Morgan fingerprint density at radius 1 is 1.17 bits per heavy atom. The van der Waals surface area contributed by atoms with E-state index in [2.05, 4.69) is 18.7 Å². The molecule has 0 N–H and O–H groups in total. The van der Waals surface area contributed by atoms with Gasteiger partial charge in [0.05, 0.1) is 6.54 Å². The molecule has 0 aliphatic heterocycles. The fourth-order valence-corrected chi connectivity index (χ4v) is 4.06. The molecule has 5 nitrogen and oxygen atoms in total. The molecule has 2 amide bonds. The Kier molecular flexibility index (Phi) is 5.56. The maximum absolute atomic E-state index is 13.1. The van der Waals surface area contributed by atoms with Gasteiger partial charge in [0.2, 0.25) is 11.8 Å². The van der Waals surface area contributed by atoms with E-state index in [1.165, 1.54) is 5.56 Å². The van der Waals surface area contributed by atoms with Crippen LogP contribution in [-0.2, 0) is 23.2 Å². The van der Waals surface area contributed by atoms with Crippen LogP contribution in [0.5, 0.6) is 0 Å². The van der Waals surface area contributed by atoms with Crippen LogP contribution in [0.4, 0.5) is 0 Å². The summed E-state index contributed by atoms with van der Waals surface area (Å²) in [6, 6.07) is 14.5. The molecule has 2 fully saturated rings. The quantitative estimate of drug-likeness (QED) is 0.616. The zero-order valence-corrected chi connectivity index (χ0v) is 17.0. The van der Waals surface area contributed by atoms with Crippen molar-refractivity contribution in [2.45, 2.75) is 37.8 Å². The van der Waals surface area contributed by atoms with Crippen LogP contribution < -0.4 is 0 Å². The SMILES string of the molecule is C=CCN(CC(=O)N(Cc1cccn1C)C1CC1)C(=O)C1CC1c1ccccc1. The fraction of sp³-hybridized carbons (Fsp3) is 0.417. The van der Waals surface area contributed by atoms with Gasteiger partial charge in [0, 0.05) is 37.4 Å². The highest BCUT2D eigenvalue weighted by atomic mass is 16.2. The molecular formula is C24H29N3O2. The molecule has 1 heterocycles. The van der Waals surface area contributed by atoms with Gasteiger partial charge >= 0.3 is 0 Å². The monoisotopic (exact) mass is 391 g/mol. The van der Waals surface area contributed by atoms with Crippen molar-refractivity contribution < 1.29 is 9.59 Å². The van der Waals surface area contributed by atoms with Gasteiger partial charge in [0.1, 0.15) is 6.54 Å². The van der Waals surface area contributed by atoms with E-state index >= 15 is 0 Å². The average Bonchev–Trinajstić information content (AvgIpc) is 3.65. The van der Waals surface area contributed by atoms with Crippen LogP contribution in [0.1, 0.15) is 36.4 Å². The first-order valence-corrected chi connectivity index (χ1v) is 10.4. The molecule has 0 spiro atoms. The summed E-state index contributed by atoms with van der Waals surface area (Å²) in [5, 5.41) is 0. The lowest BCUT2D eigenvalue weighted by Crippen LogP contribution is -2.44. The second-order valence-corrected chi connectivity index (χ2v) is 8.23. The molecule has 0 radical (unpaired) electrons. The first-order chi connectivity index (χ1) is 14.1. The number of carbonyl (C=O) groups excluding carboxylic acids is 2. The van der Waals surface area contributed by atoms with Gasteiger partial charge in [-0.2, -0.15) is 0 Å². The van der Waals surface area contributed by atoms with E-state index in [1.54, 1.807) is 11.0 Å². The van der Waals surface area contributed by atoms with E-state index in [1.807, 2.05) is 53.0 Å². The summed E-state index contributed by atoms with van der Waals surface area (Å²) in [6.45, 7) is 4.92. The van der Waals surface area contributed by atoms with Gasteiger partial charge in [0.15, 0.2) is 0 Å². The number of hydrogen-bond acceptors (Lipinski definition) is 2. The summed E-state index contributed by atoms with van der Waals surface area (Å²) in [4.78, 5) is 29.9. The van der Waals surface area contributed by atoms with Crippen molar-refractivity contribution in [2.75, 3.05) is 13.1 Å². The maximum atomic E-state index is 13.1. The van der Waals surface area contributed by atoms with Gasteiger partial charge in [-0.05, 0) is 42.9 Å². The molecule has 1 aromatic heterocycles. The summed E-state index contributed by atoms with van der Waals surface area (Å²) in [5.41, 5.74) is 2.32. The Bertz CT molecular complexity index is 885. The van der Waals surface area contributed by atoms with Gasteiger partial charge in [0.25, 0.3) is 0 Å². The third-order valence-corrected chi connectivity index (χ3v) is 6.01. The smallest absolute Gasteiger partial charge is 0.242 e. The van der Waals surface area contributed by atoms with Crippen LogP contribution in [-0.4, -0.2) is 45.3 Å². The lowest BCUT2D eigenvalue weighted by Gasteiger charge is -2.27. The van der Waals surface area contributed by atoms with Gasteiger partial charge < -0.3 is 14.4 Å². The molecule has 2 atom stereocenters. The molecule has 1 aromatic carbocycles. The van der Waals surface area contributed by atoms with E-state index in [-0.39, 0.29) is 30.2 Å². The van der Waals surface area contributed by atoms with Crippen molar-refractivity contribution in [3.05, 3.63) is 72.6 Å². The third kappa shape index (κ3) is 4.44. The van der Waals surface area contributed by atoms with Gasteiger partial charge in [-0.15, -0.1) is 6.58 Å². The molecule has 2 aliphatic carbocycles. The van der Waals surface area contributed by atoms with E-state index in [0.717, 1.165) is 25.0 Å². The van der Waals surface area contributed by atoms with E-state index in [9.17, 15) is 9.59 Å². The number of carbonyl (C=O) groups is 2. The van der Waals surface area contributed by atoms with Gasteiger partial charge in [-0.3, -0.25) is 9.59 Å². The van der Waals surface area contributed by atoms with Crippen molar-refractivity contribution in [3.8, 4) is 0 Å². The standard InChI is InChI=1S/C24H29N3O2/c1-3-13-26(24(29)22-15-21(22)18-8-5-4-6-9-18)17-23(28)27(19-11-12-19)16-20-10-7-14-25(20)2/h3-10,14,19,21-22H,1,11-13,15-17H2,2H3. The summed E-state index contributed by atoms with van der Waals surface area (Å²) >= 11 is 0. The Labute approximate surface area is 172 Å². The topological polar surface area (TPSA) is 45.6 Å². The lowest BCUT2D eigenvalue weighted by atomic mass is 10.1. The minimum Gasteiger partial charge on any atom is -0.353 e. The maximum Gasteiger partial charge on any atom is 0.242 e.